The number of nitrogens with zero attached hydrogens (tertiary/aromatic N) is 3. The molecule has 2 aliphatic rings. The van der Waals surface area contributed by atoms with Gasteiger partial charge in [0.05, 0.1) is 18.7 Å². The van der Waals surface area contributed by atoms with Gasteiger partial charge in [-0.2, -0.15) is 0 Å². The number of ether oxygens (including phenoxy) is 1. The molecule has 6 nitrogen and oxygen atoms in total. The fraction of sp³-hybridized carbons (Fsp3) is 0.360. The highest BCUT2D eigenvalue weighted by atomic mass is 16.5. The Morgan fingerprint density at radius 2 is 1.52 bits per heavy atom. The van der Waals surface area contributed by atoms with Crippen LogP contribution in [0.25, 0.3) is 5.57 Å². The Kier molecular flexibility index (Phi) is 6.37. The maximum atomic E-state index is 13.5. The van der Waals surface area contributed by atoms with Gasteiger partial charge in [-0.1, -0.05) is 49.4 Å². The first-order valence-corrected chi connectivity index (χ1v) is 11.0. The molecule has 0 bridgehead atoms. The van der Waals surface area contributed by atoms with Crippen LogP contribution in [0.3, 0.4) is 0 Å². The first-order chi connectivity index (χ1) is 15.1. The van der Waals surface area contributed by atoms with Crippen LogP contribution in [-0.2, 0) is 16.1 Å². The fourth-order valence-corrected chi connectivity index (χ4v) is 4.20. The van der Waals surface area contributed by atoms with Crippen LogP contribution in [-0.4, -0.2) is 65.8 Å². The van der Waals surface area contributed by atoms with E-state index in [1.165, 1.54) is 4.90 Å². The Morgan fingerprint density at radius 1 is 0.839 bits per heavy atom. The molecule has 0 aromatic heterocycles. The minimum Gasteiger partial charge on any atom is -0.494 e. The summed E-state index contributed by atoms with van der Waals surface area (Å²) in [4.78, 5) is 32.8. The summed E-state index contributed by atoms with van der Waals surface area (Å²) in [6.45, 7) is 9.18. The zero-order valence-corrected chi connectivity index (χ0v) is 18.2. The van der Waals surface area contributed by atoms with Crippen molar-refractivity contribution in [3.63, 3.8) is 0 Å². The van der Waals surface area contributed by atoms with Crippen LogP contribution < -0.4 is 4.74 Å². The van der Waals surface area contributed by atoms with Crippen LogP contribution in [0.4, 0.5) is 0 Å². The number of carbonyl (C=O) groups excluding carboxylic acids is 2. The van der Waals surface area contributed by atoms with Crippen molar-refractivity contribution < 1.29 is 14.3 Å². The highest BCUT2D eigenvalue weighted by molar-refractivity contribution is 6.35. The third-order valence-electron chi connectivity index (χ3n) is 5.92. The predicted molar refractivity (Wildman–Crippen MR) is 120 cm³/mol. The topological polar surface area (TPSA) is 53.1 Å². The molecule has 2 aromatic carbocycles. The van der Waals surface area contributed by atoms with Crippen molar-refractivity contribution in [1.29, 1.82) is 0 Å². The van der Waals surface area contributed by atoms with Crippen LogP contribution in [0.1, 0.15) is 25.0 Å². The van der Waals surface area contributed by atoms with Crippen LogP contribution in [0.2, 0.25) is 0 Å². The number of rotatable bonds is 7. The lowest BCUT2D eigenvalue weighted by molar-refractivity contribution is -0.138. The van der Waals surface area contributed by atoms with Gasteiger partial charge >= 0.3 is 0 Å². The van der Waals surface area contributed by atoms with Crippen molar-refractivity contribution in [3.05, 3.63) is 71.4 Å². The lowest BCUT2D eigenvalue weighted by Crippen LogP contribution is -2.47. The van der Waals surface area contributed by atoms with Crippen LogP contribution >= 0.6 is 0 Å². The van der Waals surface area contributed by atoms with E-state index in [1.807, 2.05) is 61.5 Å². The molecule has 4 rings (SSSR count). The summed E-state index contributed by atoms with van der Waals surface area (Å²) in [5.41, 5.74) is 2.72. The zero-order chi connectivity index (χ0) is 21.8. The number of carbonyl (C=O) groups is 2. The molecule has 1 fully saturated rings. The van der Waals surface area contributed by atoms with Gasteiger partial charge in [0, 0.05) is 26.2 Å². The molecule has 0 saturated carbocycles. The van der Waals surface area contributed by atoms with Crippen molar-refractivity contribution in [1.82, 2.24) is 14.7 Å². The summed E-state index contributed by atoms with van der Waals surface area (Å²) in [5.74, 6) is 0.316. The molecule has 2 heterocycles. The molecule has 2 aliphatic heterocycles. The number of amides is 2. The van der Waals surface area contributed by atoms with Gasteiger partial charge < -0.3 is 14.5 Å². The zero-order valence-electron chi connectivity index (χ0n) is 18.2. The third kappa shape index (κ3) is 4.35. The fourth-order valence-electron chi connectivity index (χ4n) is 4.20. The molecule has 2 aromatic rings. The normalized spacial score (nSPS) is 17.6. The highest BCUT2D eigenvalue weighted by Crippen LogP contribution is 2.33. The summed E-state index contributed by atoms with van der Waals surface area (Å²) in [6, 6.07) is 17.1. The molecular weight excluding hydrogens is 390 g/mol. The van der Waals surface area contributed by atoms with Gasteiger partial charge in [0.25, 0.3) is 11.8 Å². The van der Waals surface area contributed by atoms with Gasteiger partial charge in [-0.25, -0.2) is 0 Å². The van der Waals surface area contributed by atoms with Gasteiger partial charge in [0.15, 0.2) is 0 Å². The molecule has 2 amide bonds. The van der Waals surface area contributed by atoms with E-state index in [9.17, 15) is 9.59 Å². The molecule has 0 unspecified atom stereocenters. The third-order valence-corrected chi connectivity index (χ3v) is 5.92. The lowest BCUT2D eigenvalue weighted by Gasteiger charge is -2.36. The second kappa shape index (κ2) is 9.35. The maximum absolute atomic E-state index is 13.5. The number of piperazine rings is 1. The quantitative estimate of drug-likeness (QED) is 0.646. The van der Waals surface area contributed by atoms with Gasteiger partial charge in [-0.3, -0.25) is 14.5 Å². The lowest BCUT2D eigenvalue weighted by atomic mass is 10.0. The van der Waals surface area contributed by atoms with E-state index in [4.69, 9.17) is 4.74 Å². The molecule has 0 aliphatic carbocycles. The number of imide groups is 1. The average Bonchev–Trinajstić information content (AvgIpc) is 3.05. The highest BCUT2D eigenvalue weighted by Gasteiger charge is 2.42. The molecule has 1 saturated heterocycles. The number of benzene rings is 2. The average molecular weight is 420 g/mol. The molecule has 31 heavy (non-hydrogen) atoms. The second-order valence-corrected chi connectivity index (χ2v) is 7.78. The summed E-state index contributed by atoms with van der Waals surface area (Å²) in [7, 11) is 0. The van der Waals surface area contributed by atoms with E-state index in [0.29, 0.717) is 17.9 Å². The largest absolute Gasteiger partial charge is 0.494 e. The number of likely N-dealkylation sites (N-methyl/N-ethyl adjacent to an activating group) is 1. The smallest absolute Gasteiger partial charge is 0.278 e. The summed E-state index contributed by atoms with van der Waals surface area (Å²) >= 11 is 0. The monoisotopic (exact) mass is 419 g/mol. The van der Waals surface area contributed by atoms with E-state index in [0.717, 1.165) is 49.6 Å². The van der Waals surface area contributed by atoms with Gasteiger partial charge in [0.2, 0.25) is 0 Å². The Morgan fingerprint density at radius 3 is 2.13 bits per heavy atom. The molecular formula is C25H29N3O3. The standard InChI is InChI=1S/C25H29N3O3/c1-3-26-14-16-27(17-15-26)23-22(20-10-12-21(13-11-20)31-4-2)24(29)28(25(23)30)18-19-8-6-5-7-9-19/h5-13H,3-4,14-18H2,1-2H3. The molecule has 0 spiro atoms. The van der Waals surface area contributed by atoms with Crippen molar-refractivity contribution in [2.75, 3.05) is 39.3 Å². The van der Waals surface area contributed by atoms with Gasteiger partial charge in [0.1, 0.15) is 11.4 Å². The number of hydrogen-bond donors (Lipinski definition) is 0. The van der Waals surface area contributed by atoms with Crippen molar-refractivity contribution in [2.24, 2.45) is 0 Å². The summed E-state index contributed by atoms with van der Waals surface area (Å²) < 4.78 is 5.54. The first-order valence-electron chi connectivity index (χ1n) is 11.0. The second-order valence-electron chi connectivity index (χ2n) is 7.78. The minimum atomic E-state index is -0.231. The molecule has 162 valence electrons. The molecule has 0 N–H and O–H groups in total. The van der Waals surface area contributed by atoms with Crippen LogP contribution in [0, 0.1) is 0 Å². The van der Waals surface area contributed by atoms with Crippen molar-refractivity contribution >= 4 is 17.4 Å². The SMILES string of the molecule is CCOc1ccc(C2=C(N3CCN(CC)CC3)C(=O)N(Cc3ccccc3)C2=O)cc1. The first kappa shape index (κ1) is 21.1. The van der Waals surface area contributed by atoms with Gasteiger partial charge in [-0.15, -0.1) is 0 Å². The molecule has 6 heteroatoms. The summed E-state index contributed by atoms with van der Waals surface area (Å²) in [6.07, 6.45) is 0. The van der Waals surface area contributed by atoms with E-state index in [1.54, 1.807) is 0 Å². The van der Waals surface area contributed by atoms with Crippen LogP contribution in [0.15, 0.2) is 60.3 Å². The molecule has 0 radical (unpaired) electrons. The van der Waals surface area contributed by atoms with Gasteiger partial charge in [-0.05, 0) is 36.7 Å². The maximum Gasteiger partial charge on any atom is 0.278 e. The van der Waals surface area contributed by atoms with Crippen LogP contribution in [0.5, 0.6) is 5.75 Å². The van der Waals surface area contributed by atoms with E-state index < -0.39 is 0 Å². The Hall–Kier alpha value is -3.12. The van der Waals surface area contributed by atoms with E-state index in [2.05, 4.69) is 16.7 Å². The Bertz CT molecular complexity index is 961. The molecule has 0 atom stereocenters. The minimum absolute atomic E-state index is 0.206. The van der Waals surface area contributed by atoms with Crippen molar-refractivity contribution in [3.8, 4) is 5.75 Å². The van der Waals surface area contributed by atoms with E-state index in [-0.39, 0.29) is 18.4 Å². The number of hydrogen-bond acceptors (Lipinski definition) is 5. The van der Waals surface area contributed by atoms with E-state index >= 15 is 0 Å². The predicted octanol–water partition coefficient (Wildman–Crippen LogP) is 3.00. The Balaban J connectivity index is 1.68. The van der Waals surface area contributed by atoms with Crippen molar-refractivity contribution in [2.45, 2.75) is 20.4 Å². The Labute approximate surface area is 183 Å². The summed E-state index contributed by atoms with van der Waals surface area (Å²) in [5, 5.41) is 0.